The number of rotatable bonds is 8. The smallest absolute Gasteiger partial charge is 0.240 e. The zero-order valence-electron chi connectivity index (χ0n) is 17.1. The molecule has 0 atom stereocenters. The molecular formula is C21H28N2O4S. The number of amides is 1. The lowest BCUT2D eigenvalue weighted by atomic mass is 10.1. The van der Waals surface area contributed by atoms with Crippen molar-refractivity contribution in [3.05, 3.63) is 58.7 Å². The number of ether oxygens (including phenoxy) is 1. The van der Waals surface area contributed by atoms with Crippen molar-refractivity contribution >= 4 is 21.6 Å². The lowest BCUT2D eigenvalue weighted by molar-refractivity contribution is -0.119. The number of anilines is 1. The Morgan fingerprint density at radius 3 is 1.93 bits per heavy atom. The van der Waals surface area contributed by atoms with Crippen LogP contribution in [0.3, 0.4) is 0 Å². The summed E-state index contributed by atoms with van der Waals surface area (Å²) in [5.74, 6) is 0.369. The molecule has 0 bridgehead atoms. The van der Waals surface area contributed by atoms with E-state index in [2.05, 4.69) is 11.4 Å². The molecule has 6 nitrogen and oxygen atoms in total. The van der Waals surface area contributed by atoms with Crippen LogP contribution in [0.4, 0.5) is 5.69 Å². The van der Waals surface area contributed by atoms with E-state index in [1.807, 2.05) is 45.9 Å². The van der Waals surface area contributed by atoms with Crippen LogP contribution in [-0.4, -0.2) is 40.3 Å². The van der Waals surface area contributed by atoms with Gasteiger partial charge in [0.05, 0.1) is 18.5 Å². The first-order chi connectivity index (χ1) is 13.0. The van der Waals surface area contributed by atoms with E-state index in [1.54, 1.807) is 12.1 Å². The highest BCUT2D eigenvalue weighted by Gasteiger charge is 2.21. The van der Waals surface area contributed by atoms with Gasteiger partial charge in [-0.2, -0.15) is 0 Å². The number of sulfonamides is 1. The van der Waals surface area contributed by atoms with E-state index < -0.39 is 10.0 Å². The molecule has 28 heavy (non-hydrogen) atoms. The Balaban J connectivity index is 1.95. The molecule has 0 aliphatic rings. The largest absolute Gasteiger partial charge is 0.492 e. The molecule has 0 heterocycles. The molecule has 152 valence electrons. The van der Waals surface area contributed by atoms with Crippen molar-refractivity contribution in [3.8, 4) is 5.75 Å². The Kier molecular flexibility index (Phi) is 7.07. The molecule has 0 spiro atoms. The average Bonchev–Trinajstić information content (AvgIpc) is 2.53. The number of carbonyl (C=O) groups is 1. The van der Waals surface area contributed by atoms with Gasteiger partial charge in [-0.05, 0) is 74.2 Å². The second-order valence-electron chi connectivity index (χ2n) is 7.14. The topological polar surface area (TPSA) is 75.7 Å². The van der Waals surface area contributed by atoms with Crippen LogP contribution in [0, 0.1) is 27.7 Å². The molecule has 1 N–H and O–H groups in total. The summed E-state index contributed by atoms with van der Waals surface area (Å²) in [5.41, 5.74) is 4.58. The minimum absolute atomic E-state index is 0.273. The van der Waals surface area contributed by atoms with E-state index in [4.69, 9.17) is 4.74 Å². The highest BCUT2D eigenvalue weighted by molar-refractivity contribution is 7.92. The van der Waals surface area contributed by atoms with E-state index in [0.29, 0.717) is 12.3 Å². The van der Waals surface area contributed by atoms with Crippen LogP contribution in [0.5, 0.6) is 5.75 Å². The minimum Gasteiger partial charge on any atom is -0.492 e. The van der Waals surface area contributed by atoms with Gasteiger partial charge in [-0.15, -0.1) is 0 Å². The summed E-state index contributed by atoms with van der Waals surface area (Å²) in [5, 5.41) is 2.71. The summed E-state index contributed by atoms with van der Waals surface area (Å²) in [4.78, 5) is 12.3. The number of carbonyl (C=O) groups excluding carboxylic acids is 1. The van der Waals surface area contributed by atoms with Crippen molar-refractivity contribution in [2.45, 2.75) is 27.7 Å². The van der Waals surface area contributed by atoms with Gasteiger partial charge in [0.2, 0.25) is 15.9 Å². The molecule has 1 amide bonds. The maximum atomic E-state index is 12.3. The van der Waals surface area contributed by atoms with Crippen molar-refractivity contribution in [3.63, 3.8) is 0 Å². The van der Waals surface area contributed by atoms with E-state index in [9.17, 15) is 13.2 Å². The Morgan fingerprint density at radius 2 is 1.43 bits per heavy atom. The maximum absolute atomic E-state index is 12.3. The third-order valence-electron chi connectivity index (χ3n) is 4.07. The van der Waals surface area contributed by atoms with Crippen LogP contribution in [0.1, 0.15) is 22.3 Å². The predicted octanol–water partition coefficient (Wildman–Crippen LogP) is 2.88. The summed E-state index contributed by atoms with van der Waals surface area (Å²) in [6.45, 7) is 8.09. The highest BCUT2D eigenvalue weighted by atomic mass is 32.2. The zero-order valence-corrected chi connectivity index (χ0v) is 17.9. The van der Waals surface area contributed by atoms with Gasteiger partial charge >= 0.3 is 0 Å². The number of nitrogens with one attached hydrogen (secondary N) is 1. The van der Waals surface area contributed by atoms with Crippen LogP contribution >= 0.6 is 0 Å². The van der Waals surface area contributed by atoms with Crippen molar-refractivity contribution in [1.29, 1.82) is 0 Å². The van der Waals surface area contributed by atoms with E-state index in [1.165, 1.54) is 0 Å². The van der Waals surface area contributed by atoms with Gasteiger partial charge in [-0.3, -0.25) is 9.10 Å². The normalized spacial score (nSPS) is 11.2. The monoisotopic (exact) mass is 404 g/mol. The zero-order chi connectivity index (χ0) is 20.9. The molecule has 0 saturated carbocycles. The molecule has 0 aromatic heterocycles. The summed E-state index contributed by atoms with van der Waals surface area (Å²) >= 11 is 0. The van der Waals surface area contributed by atoms with Gasteiger partial charge in [-0.1, -0.05) is 12.1 Å². The Hall–Kier alpha value is -2.54. The van der Waals surface area contributed by atoms with Gasteiger partial charge in [0.15, 0.2) is 0 Å². The second kappa shape index (κ2) is 9.10. The fourth-order valence-electron chi connectivity index (χ4n) is 3.06. The molecule has 7 heteroatoms. The van der Waals surface area contributed by atoms with Crippen molar-refractivity contribution < 1.29 is 17.9 Å². The summed E-state index contributed by atoms with van der Waals surface area (Å²) in [6, 6.07) is 11.4. The third-order valence-corrected chi connectivity index (χ3v) is 5.21. The summed E-state index contributed by atoms with van der Waals surface area (Å²) < 4.78 is 31.2. The van der Waals surface area contributed by atoms with E-state index >= 15 is 0 Å². The number of nitrogens with zero attached hydrogens (tertiary/aromatic N) is 1. The minimum atomic E-state index is -3.59. The number of hydrogen-bond donors (Lipinski definition) is 1. The van der Waals surface area contributed by atoms with Crippen molar-refractivity contribution in [2.24, 2.45) is 0 Å². The Labute approximate surface area is 167 Å². The van der Waals surface area contributed by atoms with Gasteiger partial charge in [0.1, 0.15) is 18.9 Å². The lowest BCUT2D eigenvalue weighted by Crippen LogP contribution is -2.41. The Bertz CT molecular complexity index is 914. The fraction of sp³-hybridized carbons (Fsp3) is 0.381. The third kappa shape index (κ3) is 6.56. The molecule has 0 unspecified atom stereocenters. The molecule has 0 radical (unpaired) electrons. The summed E-state index contributed by atoms with van der Waals surface area (Å²) in [6.07, 6.45) is 1.10. The first-order valence-electron chi connectivity index (χ1n) is 9.08. The number of aryl methyl sites for hydroxylation is 4. The predicted molar refractivity (Wildman–Crippen MR) is 113 cm³/mol. The van der Waals surface area contributed by atoms with E-state index in [-0.39, 0.29) is 19.0 Å². The Morgan fingerprint density at radius 1 is 0.929 bits per heavy atom. The molecule has 2 aromatic carbocycles. The quantitative estimate of drug-likeness (QED) is 0.687. The van der Waals surface area contributed by atoms with Gasteiger partial charge in [-0.25, -0.2) is 8.42 Å². The van der Waals surface area contributed by atoms with Crippen LogP contribution in [0.2, 0.25) is 0 Å². The number of benzene rings is 2. The molecule has 0 fully saturated rings. The van der Waals surface area contributed by atoms with Crippen LogP contribution < -0.4 is 14.4 Å². The average molecular weight is 405 g/mol. The van der Waals surface area contributed by atoms with E-state index in [0.717, 1.165) is 38.6 Å². The first kappa shape index (κ1) is 21.8. The van der Waals surface area contributed by atoms with Crippen LogP contribution in [0.25, 0.3) is 0 Å². The van der Waals surface area contributed by atoms with Crippen molar-refractivity contribution in [1.82, 2.24) is 5.32 Å². The molecule has 2 aromatic rings. The first-order valence-corrected chi connectivity index (χ1v) is 10.9. The molecule has 0 aliphatic carbocycles. The molecule has 2 rings (SSSR count). The fourth-order valence-corrected chi connectivity index (χ4v) is 3.90. The highest BCUT2D eigenvalue weighted by Crippen LogP contribution is 2.21. The molecule has 0 saturated heterocycles. The maximum Gasteiger partial charge on any atom is 0.240 e. The van der Waals surface area contributed by atoms with Crippen molar-refractivity contribution in [2.75, 3.05) is 30.3 Å². The van der Waals surface area contributed by atoms with Crippen LogP contribution in [0.15, 0.2) is 36.4 Å². The van der Waals surface area contributed by atoms with Crippen LogP contribution in [-0.2, 0) is 14.8 Å². The summed E-state index contributed by atoms with van der Waals surface area (Å²) in [7, 11) is -3.59. The van der Waals surface area contributed by atoms with Gasteiger partial charge in [0, 0.05) is 0 Å². The van der Waals surface area contributed by atoms with Gasteiger partial charge in [0.25, 0.3) is 0 Å². The molecular weight excluding hydrogens is 376 g/mol. The molecule has 0 aliphatic heterocycles. The number of hydrogen-bond acceptors (Lipinski definition) is 4. The SMILES string of the molecule is Cc1cc(C)cc(OCCNC(=O)CN(c2cc(C)cc(C)c2)S(C)(=O)=O)c1. The lowest BCUT2D eigenvalue weighted by Gasteiger charge is -2.22. The standard InChI is InChI=1S/C21H28N2O4S/c1-15-8-16(2)11-19(10-15)23(28(5,25)26)14-21(24)22-6-7-27-20-12-17(3)9-18(4)13-20/h8-13H,6-7,14H2,1-5H3,(H,22,24). The second-order valence-corrected chi connectivity index (χ2v) is 9.04. The van der Waals surface area contributed by atoms with Gasteiger partial charge < -0.3 is 10.1 Å².